The van der Waals surface area contributed by atoms with Gasteiger partial charge >= 0.3 is 5.97 Å². The number of benzene rings is 1. The maximum atomic E-state index is 12.4. The van der Waals surface area contributed by atoms with Gasteiger partial charge in [0.05, 0.1) is 13.7 Å². The quantitative estimate of drug-likeness (QED) is 0.403. The molecule has 6 nitrogen and oxygen atoms in total. The van der Waals surface area contributed by atoms with E-state index in [0.717, 1.165) is 5.56 Å². The van der Waals surface area contributed by atoms with Crippen LogP contribution < -0.4 is 10.1 Å². The molecule has 0 unspecified atom stereocenters. The van der Waals surface area contributed by atoms with Gasteiger partial charge < -0.3 is 14.8 Å². The minimum absolute atomic E-state index is 0.0122. The number of esters is 1. The maximum Gasteiger partial charge on any atom is 0.306 e. The summed E-state index contributed by atoms with van der Waals surface area (Å²) in [6.07, 6.45) is 1.54. The van der Waals surface area contributed by atoms with Gasteiger partial charge in [0.1, 0.15) is 5.75 Å². The van der Waals surface area contributed by atoms with Crippen molar-refractivity contribution in [2.45, 2.75) is 39.5 Å². The molecule has 0 aliphatic carbocycles. The molecule has 0 heterocycles. The van der Waals surface area contributed by atoms with Gasteiger partial charge in [-0.25, -0.2) is 0 Å². The zero-order chi connectivity index (χ0) is 17.9. The Morgan fingerprint density at radius 1 is 1.17 bits per heavy atom. The summed E-state index contributed by atoms with van der Waals surface area (Å²) in [5.74, 6) is 0.233. The highest BCUT2D eigenvalue weighted by atomic mass is 16.5. The predicted molar refractivity (Wildman–Crippen MR) is 90.2 cm³/mol. The van der Waals surface area contributed by atoms with E-state index >= 15 is 0 Å². The van der Waals surface area contributed by atoms with Crippen molar-refractivity contribution in [3.8, 4) is 5.75 Å². The van der Waals surface area contributed by atoms with E-state index in [1.54, 1.807) is 32.2 Å². The molecule has 132 valence electrons. The summed E-state index contributed by atoms with van der Waals surface area (Å²) in [7, 11) is 1.55. The molecule has 0 radical (unpaired) electrons. The zero-order valence-corrected chi connectivity index (χ0v) is 14.5. The highest BCUT2D eigenvalue weighted by Gasteiger charge is 2.14. The number of ketones is 1. The van der Waals surface area contributed by atoms with E-state index in [-0.39, 0.29) is 24.1 Å². The number of carbonyl (C=O) groups excluding carboxylic acids is 3. The van der Waals surface area contributed by atoms with Gasteiger partial charge in [-0.3, -0.25) is 14.4 Å². The molecule has 0 saturated carbocycles. The summed E-state index contributed by atoms with van der Waals surface area (Å²) >= 11 is 0. The molecule has 1 amide bonds. The van der Waals surface area contributed by atoms with Crippen LogP contribution in [0, 0.1) is 0 Å². The Morgan fingerprint density at radius 3 is 2.54 bits per heavy atom. The fraction of sp³-hybridized carbons (Fsp3) is 0.500. The Bertz CT molecular complexity index is 583. The monoisotopic (exact) mass is 335 g/mol. The number of nitrogens with one attached hydrogen (secondary N) is 1. The maximum absolute atomic E-state index is 12.4. The Labute approximate surface area is 142 Å². The van der Waals surface area contributed by atoms with Gasteiger partial charge in [0, 0.05) is 31.9 Å². The van der Waals surface area contributed by atoms with Gasteiger partial charge in [0.25, 0.3) is 0 Å². The van der Waals surface area contributed by atoms with Crippen LogP contribution in [-0.2, 0) is 20.7 Å². The number of aryl methyl sites for hydroxylation is 1. The van der Waals surface area contributed by atoms with E-state index in [9.17, 15) is 14.4 Å². The molecule has 0 fully saturated rings. The van der Waals surface area contributed by atoms with Crippen LogP contribution in [0.15, 0.2) is 18.2 Å². The third-order valence-electron chi connectivity index (χ3n) is 3.47. The van der Waals surface area contributed by atoms with Crippen molar-refractivity contribution in [3.63, 3.8) is 0 Å². The fourth-order valence-corrected chi connectivity index (χ4v) is 2.29. The van der Waals surface area contributed by atoms with Gasteiger partial charge in [-0.2, -0.15) is 0 Å². The third-order valence-corrected chi connectivity index (χ3v) is 3.47. The third kappa shape index (κ3) is 6.81. The molecule has 0 atom stereocenters. The lowest BCUT2D eigenvalue weighted by molar-refractivity contribution is -0.143. The summed E-state index contributed by atoms with van der Waals surface area (Å²) in [5.41, 5.74) is 1.36. The Morgan fingerprint density at radius 2 is 1.92 bits per heavy atom. The number of hydrogen-bond donors (Lipinski definition) is 1. The van der Waals surface area contributed by atoms with E-state index in [1.165, 1.54) is 6.92 Å². The van der Waals surface area contributed by atoms with E-state index in [1.807, 2.05) is 0 Å². The second-order valence-electron chi connectivity index (χ2n) is 5.34. The molecule has 1 rings (SSSR count). The van der Waals surface area contributed by atoms with E-state index in [4.69, 9.17) is 9.47 Å². The van der Waals surface area contributed by atoms with Crippen molar-refractivity contribution in [2.24, 2.45) is 0 Å². The molecule has 1 aromatic carbocycles. The first-order chi connectivity index (χ1) is 11.5. The van der Waals surface area contributed by atoms with Crippen LogP contribution in [0.1, 0.15) is 49.0 Å². The van der Waals surface area contributed by atoms with Crippen molar-refractivity contribution < 1.29 is 23.9 Å². The van der Waals surface area contributed by atoms with Crippen LogP contribution in [0.25, 0.3) is 0 Å². The van der Waals surface area contributed by atoms with Gasteiger partial charge in [0.15, 0.2) is 5.78 Å². The van der Waals surface area contributed by atoms with Crippen molar-refractivity contribution >= 4 is 17.7 Å². The van der Waals surface area contributed by atoms with Crippen LogP contribution >= 0.6 is 0 Å². The first-order valence-corrected chi connectivity index (χ1v) is 8.08. The van der Waals surface area contributed by atoms with Crippen molar-refractivity contribution in [2.75, 3.05) is 20.3 Å². The Kier molecular flexibility index (Phi) is 8.54. The highest BCUT2D eigenvalue weighted by molar-refractivity contribution is 5.97. The van der Waals surface area contributed by atoms with Gasteiger partial charge in [-0.1, -0.05) is 0 Å². The summed E-state index contributed by atoms with van der Waals surface area (Å²) in [6, 6.07) is 5.23. The summed E-state index contributed by atoms with van der Waals surface area (Å²) in [4.78, 5) is 34.8. The van der Waals surface area contributed by atoms with E-state index in [0.29, 0.717) is 43.7 Å². The number of carbonyl (C=O) groups is 3. The van der Waals surface area contributed by atoms with Crippen LogP contribution in [-0.4, -0.2) is 37.9 Å². The molecule has 6 heteroatoms. The van der Waals surface area contributed by atoms with E-state index in [2.05, 4.69) is 5.32 Å². The average Bonchev–Trinajstić information content (AvgIpc) is 2.56. The highest BCUT2D eigenvalue weighted by Crippen LogP contribution is 2.21. The van der Waals surface area contributed by atoms with Gasteiger partial charge in [-0.15, -0.1) is 0 Å². The van der Waals surface area contributed by atoms with Crippen LogP contribution in [0.2, 0.25) is 0 Å². The van der Waals surface area contributed by atoms with Crippen molar-refractivity contribution in [1.82, 2.24) is 5.32 Å². The lowest BCUT2D eigenvalue weighted by Gasteiger charge is -2.11. The molecule has 24 heavy (non-hydrogen) atoms. The van der Waals surface area contributed by atoms with Crippen molar-refractivity contribution in [3.05, 3.63) is 29.3 Å². The smallest absolute Gasteiger partial charge is 0.306 e. The topological polar surface area (TPSA) is 81.7 Å². The lowest BCUT2D eigenvalue weighted by atomic mass is 9.97. The number of rotatable bonds is 10. The molecule has 1 N–H and O–H groups in total. The molecule has 0 aliphatic heterocycles. The van der Waals surface area contributed by atoms with Gasteiger partial charge in [0.2, 0.25) is 5.91 Å². The predicted octanol–water partition coefficient (Wildman–Crippen LogP) is 2.29. The fourth-order valence-electron chi connectivity index (χ4n) is 2.29. The van der Waals surface area contributed by atoms with Crippen molar-refractivity contribution in [1.29, 1.82) is 0 Å². The molecular formula is C18H25NO5. The molecule has 0 saturated heterocycles. The summed E-state index contributed by atoms with van der Waals surface area (Å²) < 4.78 is 10.1. The first kappa shape index (κ1) is 19.7. The number of amides is 1. The molecule has 0 aliphatic rings. The van der Waals surface area contributed by atoms with Gasteiger partial charge in [-0.05, 0) is 43.5 Å². The Hall–Kier alpha value is -2.37. The minimum Gasteiger partial charge on any atom is -0.497 e. The standard InChI is InChI=1S/C18H25NO5/c1-4-24-18(22)10-7-14-12-15(23-3)8-9-16(14)17(21)6-5-11-19-13(2)20/h8-9,12H,4-7,10-11H2,1-3H3,(H,19,20). The van der Waals surface area contributed by atoms with Crippen LogP contribution in [0.5, 0.6) is 5.75 Å². The summed E-state index contributed by atoms with van der Waals surface area (Å²) in [6.45, 7) is 4.01. The normalized spacial score (nSPS) is 10.1. The SMILES string of the molecule is CCOC(=O)CCc1cc(OC)ccc1C(=O)CCCNC(C)=O. The lowest BCUT2D eigenvalue weighted by Crippen LogP contribution is -2.21. The van der Waals surface area contributed by atoms with Crippen LogP contribution in [0.4, 0.5) is 0 Å². The molecule has 0 aromatic heterocycles. The number of hydrogen-bond acceptors (Lipinski definition) is 5. The second kappa shape index (κ2) is 10.4. The average molecular weight is 335 g/mol. The Balaban J connectivity index is 2.74. The molecule has 1 aromatic rings. The molecule has 0 spiro atoms. The van der Waals surface area contributed by atoms with E-state index < -0.39 is 0 Å². The zero-order valence-electron chi connectivity index (χ0n) is 14.5. The second-order valence-corrected chi connectivity index (χ2v) is 5.34. The summed E-state index contributed by atoms with van der Waals surface area (Å²) in [5, 5.41) is 2.67. The van der Waals surface area contributed by atoms with Crippen LogP contribution in [0.3, 0.4) is 0 Å². The molecule has 0 bridgehead atoms. The molecular weight excluding hydrogens is 310 g/mol. The number of methoxy groups -OCH3 is 1. The minimum atomic E-state index is -0.288. The first-order valence-electron chi connectivity index (χ1n) is 8.08. The largest absolute Gasteiger partial charge is 0.497 e. The number of Topliss-reactive ketones (excluding diaryl/α,β-unsaturated/α-hetero) is 1. The number of ether oxygens (including phenoxy) is 2.